The Bertz CT molecular complexity index is 1490. The summed E-state index contributed by atoms with van der Waals surface area (Å²) in [5, 5.41) is 13.8. The molecule has 2 aliphatic heterocycles. The molecule has 0 saturated carbocycles. The molecule has 6 rings (SSSR count). The topological polar surface area (TPSA) is 101 Å². The largest absolute Gasteiger partial charge is 0.454 e. The van der Waals surface area contributed by atoms with Gasteiger partial charge in [0.05, 0.1) is 11.1 Å². The van der Waals surface area contributed by atoms with Crippen LogP contribution in [0.15, 0.2) is 53.3 Å². The fourth-order valence-corrected chi connectivity index (χ4v) is 5.28. The number of nitrogens with one attached hydrogen (secondary N) is 1. The molecule has 1 saturated heterocycles. The van der Waals surface area contributed by atoms with Crippen LogP contribution in [0.3, 0.4) is 0 Å². The van der Waals surface area contributed by atoms with E-state index < -0.39 is 6.04 Å². The first-order valence-corrected chi connectivity index (χ1v) is 13.2. The maximum absolute atomic E-state index is 13.6. The van der Waals surface area contributed by atoms with Gasteiger partial charge in [-0.2, -0.15) is 0 Å². The summed E-state index contributed by atoms with van der Waals surface area (Å²) >= 11 is 0. The molecule has 0 amide bonds. The fraction of sp³-hybridized carbons (Fsp3) is 0.429. The smallest absolute Gasteiger partial charge is 0.253 e. The number of tetrazole rings is 1. The average Bonchev–Trinajstić information content (AvgIpc) is 3.60. The van der Waals surface area contributed by atoms with Gasteiger partial charge in [0, 0.05) is 49.7 Å². The third-order valence-corrected chi connectivity index (χ3v) is 7.86. The minimum absolute atomic E-state index is 0.156. The van der Waals surface area contributed by atoms with Crippen molar-refractivity contribution in [1.82, 2.24) is 35.0 Å². The van der Waals surface area contributed by atoms with Crippen molar-refractivity contribution in [2.45, 2.75) is 45.3 Å². The Morgan fingerprint density at radius 1 is 1.03 bits per heavy atom. The summed E-state index contributed by atoms with van der Waals surface area (Å²) in [6.07, 6.45) is 0.847. The van der Waals surface area contributed by atoms with Crippen LogP contribution in [-0.4, -0.2) is 68.0 Å². The van der Waals surface area contributed by atoms with Crippen LogP contribution in [0.5, 0.6) is 11.5 Å². The van der Waals surface area contributed by atoms with Crippen molar-refractivity contribution in [3.63, 3.8) is 0 Å². The second-order valence-electron chi connectivity index (χ2n) is 10.7. The maximum atomic E-state index is 13.6. The van der Waals surface area contributed by atoms with E-state index >= 15 is 0 Å². The molecule has 4 aromatic rings. The van der Waals surface area contributed by atoms with E-state index in [-0.39, 0.29) is 17.9 Å². The first-order valence-electron chi connectivity index (χ1n) is 13.2. The highest BCUT2D eigenvalue weighted by Gasteiger charge is 2.35. The van der Waals surface area contributed by atoms with E-state index in [2.05, 4.69) is 75.3 Å². The van der Waals surface area contributed by atoms with E-state index in [1.807, 2.05) is 28.9 Å². The third kappa shape index (κ3) is 4.54. The Balaban J connectivity index is 1.38. The van der Waals surface area contributed by atoms with Gasteiger partial charge in [-0.15, -0.1) is 5.10 Å². The SMILES string of the molecule is CCC(C)(C)n1nnnc1[C@@H](c1cc2cc3c(cc2[nH]c1=O)OCO3)N1CCN(Cc2ccccc2)CC1. The molecular formula is C28H33N7O3. The van der Waals surface area contributed by atoms with Crippen molar-refractivity contribution in [3.05, 3.63) is 75.8 Å². The number of nitrogens with zero attached hydrogens (tertiary/aromatic N) is 6. The number of H-pyrrole nitrogens is 1. The summed E-state index contributed by atoms with van der Waals surface area (Å²) in [6, 6.07) is 15.8. The summed E-state index contributed by atoms with van der Waals surface area (Å²) in [4.78, 5) is 21.5. The van der Waals surface area contributed by atoms with Gasteiger partial charge in [-0.3, -0.25) is 14.6 Å². The molecule has 10 heteroatoms. The Kier molecular flexibility index (Phi) is 6.37. The molecule has 2 aromatic carbocycles. The molecule has 38 heavy (non-hydrogen) atoms. The standard InChI is InChI=1S/C28H33N7O3/c1-4-28(2,3)35-26(30-31-32-35)25(34-12-10-33(11-13-34)17-19-8-6-5-7-9-19)21-14-20-15-23-24(38-18-37-23)16-22(20)29-27(21)36/h5-9,14-16,25H,4,10-13,17-18H2,1-3H3,(H,29,36)/t25-/m1/s1. The van der Waals surface area contributed by atoms with Gasteiger partial charge in [0.2, 0.25) is 6.79 Å². The van der Waals surface area contributed by atoms with Gasteiger partial charge in [-0.1, -0.05) is 37.3 Å². The molecule has 198 valence electrons. The van der Waals surface area contributed by atoms with Crippen LogP contribution in [0.4, 0.5) is 0 Å². The van der Waals surface area contributed by atoms with Crippen molar-refractivity contribution in [2.75, 3.05) is 33.0 Å². The molecule has 1 N–H and O–H groups in total. The molecular weight excluding hydrogens is 482 g/mol. The molecule has 0 aliphatic carbocycles. The van der Waals surface area contributed by atoms with Crippen LogP contribution in [-0.2, 0) is 12.1 Å². The van der Waals surface area contributed by atoms with E-state index in [1.54, 1.807) is 0 Å². The number of hydrogen-bond acceptors (Lipinski definition) is 8. The highest BCUT2D eigenvalue weighted by molar-refractivity contribution is 5.83. The number of fused-ring (bicyclic) bond motifs is 2. The highest BCUT2D eigenvalue weighted by Crippen LogP contribution is 2.37. The highest BCUT2D eigenvalue weighted by atomic mass is 16.7. The summed E-state index contributed by atoms with van der Waals surface area (Å²) in [5.41, 5.74) is 2.17. The lowest BCUT2D eigenvalue weighted by atomic mass is 9.98. The third-order valence-electron chi connectivity index (χ3n) is 7.86. The first-order chi connectivity index (χ1) is 18.4. The zero-order valence-corrected chi connectivity index (χ0v) is 22.1. The molecule has 0 spiro atoms. The maximum Gasteiger partial charge on any atom is 0.253 e. The van der Waals surface area contributed by atoms with Crippen molar-refractivity contribution >= 4 is 10.9 Å². The van der Waals surface area contributed by atoms with Crippen LogP contribution in [0.25, 0.3) is 10.9 Å². The van der Waals surface area contributed by atoms with Crippen LogP contribution < -0.4 is 15.0 Å². The van der Waals surface area contributed by atoms with Crippen LogP contribution in [0.1, 0.15) is 50.2 Å². The number of hydrogen-bond donors (Lipinski definition) is 1. The lowest BCUT2D eigenvalue weighted by Crippen LogP contribution is -2.49. The van der Waals surface area contributed by atoms with Crippen molar-refractivity contribution in [3.8, 4) is 11.5 Å². The number of benzene rings is 2. The van der Waals surface area contributed by atoms with E-state index in [9.17, 15) is 4.79 Å². The molecule has 0 radical (unpaired) electrons. The Morgan fingerprint density at radius 2 is 1.76 bits per heavy atom. The summed E-state index contributed by atoms with van der Waals surface area (Å²) in [6.45, 7) is 10.8. The predicted molar refractivity (Wildman–Crippen MR) is 143 cm³/mol. The fourth-order valence-electron chi connectivity index (χ4n) is 5.28. The molecule has 2 aliphatic rings. The van der Waals surface area contributed by atoms with Gasteiger partial charge >= 0.3 is 0 Å². The lowest BCUT2D eigenvalue weighted by Gasteiger charge is -2.39. The monoisotopic (exact) mass is 515 g/mol. The Morgan fingerprint density at radius 3 is 2.50 bits per heavy atom. The normalized spacial score (nSPS) is 17.2. The Hall–Kier alpha value is -3.76. The number of ether oxygens (including phenoxy) is 2. The minimum Gasteiger partial charge on any atom is -0.454 e. The number of aromatic amines is 1. The number of pyridine rings is 1. The quantitative estimate of drug-likeness (QED) is 0.400. The van der Waals surface area contributed by atoms with Crippen molar-refractivity contribution < 1.29 is 9.47 Å². The zero-order valence-electron chi connectivity index (χ0n) is 22.1. The second-order valence-corrected chi connectivity index (χ2v) is 10.7. The minimum atomic E-state index is -0.395. The molecule has 1 atom stereocenters. The van der Waals surface area contributed by atoms with Gasteiger partial charge in [-0.25, -0.2) is 4.68 Å². The molecule has 1 fully saturated rings. The number of aromatic nitrogens is 5. The summed E-state index contributed by atoms with van der Waals surface area (Å²) in [5.74, 6) is 2.00. The summed E-state index contributed by atoms with van der Waals surface area (Å²) in [7, 11) is 0. The molecule has 2 aromatic heterocycles. The van der Waals surface area contributed by atoms with Gasteiger partial charge in [0.15, 0.2) is 17.3 Å². The lowest BCUT2D eigenvalue weighted by molar-refractivity contribution is 0.0968. The molecule has 0 bridgehead atoms. The first kappa shape index (κ1) is 24.6. The van der Waals surface area contributed by atoms with Gasteiger partial charge < -0.3 is 14.5 Å². The molecule has 4 heterocycles. The number of piperazine rings is 1. The molecule has 10 nitrogen and oxygen atoms in total. The predicted octanol–water partition coefficient (Wildman–Crippen LogP) is 3.30. The summed E-state index contributed by atoms with van der Waals surface area (Å²) < 4.78 is 13.0. The van der Waals surface area contributed by atoms with Gasteiger partial charge in [-0.05, 0) is 48.4 Å². The van der Waals surface area contributed by atoms with Gasteiger partial charge in [0.1, 0.15) is 6.04 Å². The average molecular weight is 516 g/mol. The molecule has 0 unspecified atom stereocenters. The Labute approximate surface area is 221 Å². The number of rotatable bonds is 7. The van der Waals surface area contributed by atoms with Gasteiger partial charge in [0.25, 0.3) is 5.56 Å². The second kappa shape index (κ2) is 9.85. The van der Waals surface area contributed by atoms with Crippen LogP contribution in [0, 0.1) is 0 Å². The van der Waals surface area contributed by atoms with E-state index in [4.69, 9.17) is 9.47 Å². The van der Waals surface area contributed by atoms with Crippen LogP contribution in [0.2, 0.25) is 0 Å². The van der Waals surface area contributed by atoms with Crippen molar-refractivity contribution in [2.24, 2.45) is 0 Å². The van der Waals surface area contributed by atoms with E-state index in [0.717, 1.165) is 44.5 Å². The van der Waals surface area contributed by atoms with Crippen molar-refractivity contribution in [1.29, 1.82) is 0 Å². The van der Waals surface area contributed by atoms with E-state index in [0.29, 0.717) is 28.4 Å². The zero-order chi connectivity index (χ0) is 26.3. The van der Waals surface area contributed by atoms with E-state index in [1.165, 1.54) is 5.56 Å². The van der Waals surface area contributed by atoms with Crippen LogP contribution >= 0.6 is 0 Å².